The number of halogens is 5. The van der Waals surface area contributed by atoms with Crippen molar-refractivity contribution in [2.45, 2.75) is 31.0 Å². The number of nitrogens with zero attached hydrogens (tertiary/aromatic N) is 2. The predicted molar refractivity (Wildman–Crippen MR) is 119 cm³/mol. The number of thiazole rings is 1. The summed E-state index contributed by atoms with van der Waals surface area (Å²) in [7, 11) is 1.59. The molecule has 1 fully saturated rings. The lowest BCUT2D eigenvalue weighted by molar-refractivity contribution is -0.140. The van der Waals surface area contributed by atoms with Crippen molar-refractivity contribution >= 4 is 41.3 Å². The first-order valence-corrected chi connectivity index (χ1v) is 10.0. The predicted octanol–water partition coefficient (Wildman–Crippen LogP) is 4.33. The second-order valence-corrected chi connectivity index (χ2v) is 7.75. The molecule has 2 N–H and O–H groups in total. The van der Waals surface area contributed by atoms with E-state index in [0.717, 1.165) is 35.1 Å². The van der Waals surface area contributed by atoms with E-state index >= 15 is 0 Å². The van der Waals surface area contributed by atoms with Gasteiger partial charge in [0.15, 0.2) is 11.7 Å². The number of hydrogen-bond donors (Lipinski definition) is 2. The summed E-state index contributed by atoms with van der Waals surface area (Å²) >= 11 is 0.944. The van der Waals surface area contributed by atoms with E-state index in [9.17, 15) is 17.6 Å². The van der Waals surface area contributed by atoms with Crippen LogP contribution in [0.3, 0.4) is 0 Å². The van der Waals surface area contributed by atoms with Gasteiger partial charge in [0.1, 0.15) is 10.8 Å². The Morgan fingerprint density at radius 2 is 1.87 bits per heavy atom. The fraction of sp³-hybridized carbons (Fsp3) is 0.474. The third-order valence-electron chi connectivity index (χ3n) is 4.97. The Morgan fingerprint density at radius 1 is 1.20 bits per heavy atom. The van der Waals surface area contributed by atoms with E-state index in [1.807, 2.05) is 0 Å². The molecule has 1 aliphatic heterocycles. The summed E-state index contributed by atoms with van der Waals surface area (Å²) in [5.74, 6) is 0.171. The van der Waals surface area contributed by atoms with Gasteiger partial charge in [0.05, 0.1) is 6.54 Å². The lowest BCUT2D eigenvalue weighted by Crippen LogP contribution is -2.47. The zero-order chi connectivity index (χ0) is 20.9. The molecule has 1 aliphatic rings. The number of alkyl halides is 3. The monoisotopic (exact) mass is 558 g/mol. The van der Waals surface area contributed by atoms with Crippen molar-refractivity contribution in [1.29, 1.82) is 0 Å². The molecule has 0 unspecified atom stereocenters. The summed E-state index contributed by atoms with van der Waals surface area (Å²) in [4.78, 5) is 7.74. The van der Waals surface area contributed by atoms with Gasteiger partial charge in [-0.1, -0.05) is 12.1 Å². The van der Waals surface area contributed by atoms with Gasteiger partial charge in [-0.25, -0.2) is 9.37 Å². The van der Waals surface area contributed by atoms with Crippen molar-refractivity contribution in [2.75, 3.05) is 26.8 Å². The normalized spacial score (nSPS) is 16.6. The summed E-state index contributed by atoms with van der Waals surface area (Å²) in [6.45, 7) is 1.87. The maximum absolute atomic E-state index is 13.3. The average molecular weight is 558 g/mol. The second kappa shape index (κ2) is 10.7. The Kier molecular flexibility index (Phi) is 8.85. The Labute approximate surface area is 193 Å². The minimum absolute atomic E-state index is 0. The maximum atomic E-state index is 13.3. The molecule has 166 valence electrons. The molecule has 0 amide bonds. The molecule has 30 heavy (non-hydrogen) atoms. The van der Waals surface area contributed by atoms with Gasteiger partial charge in [0, 0.05) is 37.6 Å². The smallest absolute Gasteiger partial charge is 0.381 e. The molecule has 1 aromatic carbocycles. The topological polar surface area (TPSA) is 58.5 Å². The van der Waals surface area contributed by atoms with Gasteiger partial charge in [-0.15, -0.1) is 35.3 Å². The maximum Gasteiger partial charge on any atom is 0.434 e. The van der Waals surface area contributed by atoms with Crippen LogP contribution in [-0.2, 0) is 22.9 Å². The van der Waals surface area contributed by atoms with E-state index in [0.29, 0.717) is 30.7 Å². The Bertz CT molecular complexity index is 836. The van der Waals surface area contributed by atoms with Crippen molar-refractivity contribution in [3.63, 3.8) is 0 Å². The highest BCUT2D eigenvalue weighted by Gasteiger charge is 2.35. The summed E-state index contributed by atoms with van der Waals surface area (Å²) in [5.41, 5.74) is -0.117. The van der Waals surface area contributed by atoms with Crippen LogP contribution in [0, 0.1) is 5.82 Å². The summed E-state index contributed by atoms with van der Waals surface area (Å²) < 4.78 is 56.9. The molecule has 0 saturated carbocycles. The molecule has 5 nitrogen and oxygen atoms in total. The van der Waals surface area contributed by atoms with Crippen LogP contribution in [0.5, 0.6) is 0 Å². The first-order chi connectivity index (χ1) is 13.8. The average Bonchev–Trinajstić information content (AvgIpc) is 3.19. The summed E-state index contributed by atoms with van der Waals surface area (Å²) in [6, 6.07) is 6.46. The zero-order valence-corrected chi connectivity index (χ0v) is 19.4. The van der Waals surface area contributed by atoms with Crippen LogP contribution >= 0.6 is 35.3 Å². The highest BCUT2D eigenvalue weighted by atomic mass is 127. The molecule has 11 heteroatoms. The van der Waals surface area contributed by atoms with Crippen molar-refractivity contribution in [1.82, 2.24) is 15.6 Å². The number of ether oxygens (including phenoxy) is 1. The third-order valence-corrected chi connectivity index (χ3v) is 5.82. The fourth-order valence-corrected chi connectivity index (χ4v) is 4.03. The van der Waals surface area contributed by atoms with Gasteiger partial charge in [-0.3, -0.25) is 4.99 Å². The molecule has 2 aromatic rings. The van der Waals surface area contributed by atoms with Gasteiger partial charge in [0.2, 0.25) is 0 Å². The molecular formula is C19H23F4IN4OS. The highest BCUT2D eigenvalue weighted by Crippen LogP contribution is 2.34. The number of aliphatic imine (C=N–C) groups is 1. The largest absolute Gasteiger partial charge is 0.434 e. The number of rotatable bonds is 5. The van der Waals surface area contributed by atoms with Gasteiger partial charge in [-0.05, 0) is 30.5 Å². The molecule has 1 saturated heterocycles. The Hall–Kier alpha value is -1.47. The molecule has 0 aliphatic carbocycles. The van der Waals surface area contributed by atoms with E-state index in [-0.39, 0.29) is 41.8 Å². The number of guanidine groups is 1. The Balaban J connectivity index is 0.00000320. The van der Waals surface area contributed by atoms with E-state index in [1.165, 1.54) is 12.1 Å². The van der Waals surface area contributed by atoms with E-state index in [1.54, 1.807) is 19.2 Å². The molecule has 3 rings (SSSR count). The van der Waals surface area contributed by atoms with Crippen LogP contribution in [0.4, 0.5) is 17.6 Å². The minimum atomic E-state index is -4.45. The van der Waals surface area contributed by atoms with E-state index < -0.39 is 11.9 Å². The standard InChI is InChI=1S/C19H22F4N4OS.HI/c1-24-17(25-10-16-27-15(11-29-16)19(21,22)23)26-12-18(6-8-28-9-7-18)13-2-4-14(20)5-3-13;/h2-5,11H,6-10,12H2,1H3,(H2,24,25,26);1H. The van der Waals surface area contributed by atoms with Crippen LogP contribution in [0.2, 0.25) is 0 Å². The molecule has 0 radical (unpaired) electrons. The van der Waals surface area contributed by atoms with Gasteiger partial charge >= 0.3 is 6.18 Å². The minimum Gasteiger partial charge on any atom is -0.381 e. The van der Waals surface area contributed by atoms with Crippen molar-refractivity contribution in [3.05, 3.63) is 51.7 Å². The molecule has 2 heterocycles. The van der Waals surface area contributed by atoms with Crippen molar-refractivity contribution in [2.24, 2.45) is 4.99 Å². The zero-order valence-electron chi connectivity index (χ0n) is 16.3. The second-order valence-electron chi connectivity index (χ2n) is 6.80. The number of aromatic nitrogens is 1. The lowest BCUT2D eigenvalue weighted by Gasteiger charge is -2.38. The number of benzene rings is 1. The van der Waals surface area contributed by atoms with Gasteiger partial charge in [-0.2, -0.15) is 13.2 Å². The lowest BCUT2D eigenvalue weighted by atomic mass is 9.74. The van der Waals surface area contributed by atoms with Crippen LogP contribution < -0.4 is 10.6 Å². The van der Waals surface area contributed by atoms with Gasteiger partial charge in [0.25, 0.3) is 0 Å². The SMILES string of the molecule is CN=C(NCc1nc(C(F)(F)F)cs1)NCC1(c2ccc(F)cc2)CCOCC1.I. The summed E-state index contributed by atoms with van der Waals surface area (Å²) in [5, 5.41) is 7.56. The highest BCUT2D eigenvalue weighted by molar-refractivity contribution is 14.0. The molecule has 0 atom stereocenters. The third kappa shape index (κ3) is 6.27. The quantitative estimate of drug-likeness (QED) is 0.248. The van der Waals surface area contributed by atoms with Crippen molar-refractivity contribution < 1.29 is 22.3 Å². The Morgan fingerprint density at radius 3 is 2.43 bits per heavy atom. The van der Waals surface area contributed by atoms with Crippen LogP contribution in [0.25, 0.3) is 0 Å². The number of hydrogen-bond acceptors (Lipinski definition) is 4. The molecule has 0 bridgehead atoms. The number of nitrogens with one attached hydrogen (secondary N) is 2. The molecular weight excluding hydrogens is 535 g/mol. The van der Waals surface area contributed by atoms with Crippen LogP contribution in [0.1, 0.15) is 29.1 Å². The summed E-state index contributed by atoms with van der Waals surface area (Å²) in [6.07, 6.45) is -2.91. The van der Waals surface area contributed by atoms with Crippen LogP contribution in [-0.4, -0.2) is 37.7 Å². The first kappa shape index (κ1) is 24.8. The van der Waals surface area contributed by atoms with Crippen LogP contribution in [0.15, 0.2) is 34.6 Å². The first-order valence-electron chi connectivity index (χ1n) is 9.12. The van der Waals surface area contributed by atoms with Gasteiger partial charge < -0.3 is 15.4 Å². The van der Waals surface area contributed by atoms with E-state index in [4.69, 9.17) is 4.74 Å². The van der Waals surface area contributed by atoms with Crippen molar-refractivity contribution in [3.8, 4) is 0 Å². The fourth-order valence-electron chi connectivity index (χ4n) is 3.29. The molecule has 0 spiro atoms. The van der Waals surface area contributed by atoms with E-state index in [2.05, 4.69) is 20.6 Å². The molecule has 1 aromatic heterocycles.